The highest BCUT2D eigenvalue weighted by Crippen LogP contribution is 2.37. The van der Waals surface area contributed by atoms with Crippen LogP contribution in [0.1, 0.15) is 48.2 Å². The molecule has 7 nitrogen and oxygen atoms in total. The first kappa shape index (κ1) is 19.9. The zero-order valence-electron chi connectivity index (χ0n) is 17.1. The molecular weight excluding hydrogens is 384 g/mol. The van der Waals surface area contributed by atoms with E-state index in [1.807, 2.05) is 12.1 Å². The molecule has 2 heterocycles. The Morgan fingerprint density at radius 3 is 2.57 bits per heavy atom. The van der Waals surface area contributed by atoms with Crippen LogP contribution in [-0.4, -0.2) is 36.0 Å². The zero-order valence-corrected chi connectivity index (χ0v) is 17.1. The molecule has 3 amide bonds. The molecule has 1 saturated heterocycles. The number of fused-ring (bicyclic) bond motifs is 1. The van der Waals surface area contributed by atoms with E-state index in [0.717, 1.165) is 24.2 Å². The number of ketones is 1. The van der Waals surface area contributed by atoms with Gasteiger partial charge in [-0.2, -0.15) is 0 Å². The molecule has 2 aromatic carbocycles. The van der Waals surface area contributed by atoms with Gasteiger partial charge in [0, 0.05) is 5.56 Å². The van der Waals surface area contributed by atoms with E-state index < -0.39 is 17.5 Å². The summed E-state index contributed by atoms with van der Waals surface area (Å²) in [6.45, 7) is 3.57. The van der Waals surface area contributed by atoms with Crippen LogP contribution in [0.25, 0.3) is 0 Å². The first-order chi connectivity index (χ1) is 14.4. The maximum absolute atomic E-state index is 13.1. The van der Waals surface area contributed by atoms with Gasteiger partial charge in [0.2, 0.25) is 6.79 Å². The molecule has 1 N–H and O–H groups in total. The Morgan fingerprint density at radius 2 is 1.83 bits per heavy atom. The van der Waals surface area contributed by atoms with Crippen molar-refractivity contribution < 1.29 is 23.9 Å². The first-order valence-electron chi connectivity index (χ1n) is 10.1. The quantitative estimate of drug-likeness (QED) is 0.561. The molecule has 0 unspecified atom stereocenters. The number of imide groups is 1. The van der Waals surface area contributed by atoms with Crippen molar-refractivity contribution in [2.45, 2.75) is 38.6 Å². The molecule has 0 bridgehead atoms. The minimum Gasteiger partial charge on any atom is -0.454 e. The molecule has 7 heteroatoms. The fraction of sp³-hybridized carbons (Fsp3) is 0.348. The molecule has 0 radical (unpaired) electrons. The molecule has 1 fully saturated rings. The largest absolute Gasteiger partial charge is 0.454 e. The average molecular weight is 408 g/mol. The van der Waals surface area contributed by atoms with Crippen molar-refractivity contribution >= 4 is 17.7 Å². The number of aryl methyl sites for hydroxylation is 1. The number of nitrogens with one attached hydrogen (secondary N) is 1. The van der Waals surface area contributed by atoms with Crippen molar-refractivity contribution in [2.75, 3.05) is 13.3 Å². The lowest BCUT2D eigenvalue weighted by atomic mass is 9.91. The van der Waals surface area contributed by atoms with Gasteiger partial charge in [-0.05, 0) is 43.0 Å². The number of carbonyl (C=O) groups is 3. The summed E-state index contributed by atoms with van der Waals surface area (Å²) in [5.74, 6) is 0.358. The summed E-state index contributed by atoms with van der Waals surface area (Å²) in [4.78, 5) is 39.3. The Morgan fingerprint density at radius 1 is 1.10 bits per heavy atom. The van der Waals surface area contributed by atoms with Gasteiger partial charge in [-0.1, -0.05) is 43.7 Å². The summed E-state index contributed by atoms with van der Waals surface area (Å²) in [6.07, 6.45) is 3.16. The van der Waals surface area contributed by atoms with Crippen LogP contribution in [0, 0.1) is 0 Å². The van der Waals surface area contributed by atoms with Crippen molar-refractivity contribution in [1.82, 2.24) is 10.2 Å². The van der Waals surface area contributed by atoms with Gasteiger partial charge in [0.1, 0.15) is 5.54 Å². The fourth-order valence-corrected chi connectivity index (χ4v) is 3.72. The second kappa shape index (κ2) is 7.82. The van der Waals surface area contributed by atoms with Gasteiger partial charge in [0.05, 0.1) is 6.54 Å². The van der Waals surface area contributed by atoms with Crippen LogP contribution in [0.4, 0.5) is 4.79 Å². The summed E-state index contributed by atoms with van der Waals surface area (Å²) >= 11 is 0. The monoisotopic (exact) mass is 408 g/mol. The van der Waals surface area contributed by atoms with Gasteiger partial charge < -0.3 is 14.8 Å². The minimum atomic E-state index is -1.28. The number of hydrogen-bond acceptors (Lipinski definition) is 5. The van der Waals surface area contributed by atoms with Gasteiger partial charge in [-0.15, -0.1) is 0 Å². The van der Waals surface area contributed by atoms with Gasteiger partial charge in [0.15, 0.2) is 17.3 Å². The van der Waals surface area contributed by atoms with Crippen molar-refractivity contribution in [3.8, 4) is 11.5 Å². The highest BCUT2D eigenvalue weighted by Gasteiger charge is 2.49. The average Bonchev–Trinajstić information content (AvgIpc) is 3.31. The number of Topliss-reactive ketones (excluding diaryl/α,β-unsaturated/α-hetero) is 1. The van der Waals surface area contributed by atoms with E-state index in [0.29, 0.717) is 22.6 Å². The number of benzene rings is 2. The van der Waals surface area contributed by atoms with Crippen LogP contribution in [0.2, 0.25) is 0 Å². The summed E-state index contributed by atoms with van der Waals surface area (Å²) in [5, 5.41) is 2.72. The van der Waals surface area contributed by atoms with Crippen molar-refractivity contribution in [1.29, 1.82) is 0 Å². The molecule has 2 aromatic rings. The summed E-state index contributed by atoms with van der Waals surface area (Å²) in [6, 6.07) is 11.9. The van der Waals surface area contributed by atoms with E-state index in [9.17, 15) is 14.4 Å². The zero-order chi connectivity index (χ0) is 21.3. The predicted octanol–water partition coefficient (Wildman–Crippen LogP) is 3.41. The van der Waals surface area contributed by atoms with Crippen LogP contribution < -0.4 is 14.8 Å². The number of hydrogen-bond donors (Lipinski definition) is 1. The van der Waals surface area contributed by atoms with Gasteiger partial charge in [-0.3, -0.25) is 14.5 Å². The maximum Gasteiger partial charge on any atom is 0.325 e. The second-order valence-electron chi connectivity index (χ2n) is 7.74. The van der Waals surface area contributed by atoms with Crippen LogP contribution in [0.5, 0.6) is 11.5 Å². The molecule has 156 valence electrons. The molecule has 1 atom stereocenters. The first-order valence-corrected chi connectivity index (χ1v) is 10.1. The summed E-state index contributed by atoms with van der Waals surface area (Å²) in [7, 11) is 0. The lowest BCUT2D eigenvalue weighted by Crippen LogP contribution is -2.41. The maximum atomic E-state index is 13.1. The van der Waals surface area contributed by atoms with E-state index in [4.69, 9.17) is 9.47 Å². The number of carbonyl (C=O) groups excluding carboxylic acids is 3. The number of ether oxygens (including phenoxy) is 2. The molecule has 0 saturated carbocycles. The Bertz CT molecular complexity index is 1000. The third kappa shape index (κ3) is 3.51. The second-order valence-corrected chi connectivity index (χ2v) is 7.74. The molecule has 30 heavy (non-hydrogen) atoms. The van der Waals surface area contributed by atoms with Gasteiger partial charge in [-0.25, -0.2) is 4.79 Å². The number of nitrogens with zero attached hydrogens (tertiary/aromatic N) is 1. The molecular formula is C23H24N2O5. The van der Waals surface area contributed by atoms with Crippen LogP contribution >= 0.6 is 0 Å². The molecule has 2 aliphatic rings. The van der Waals surface area contributed by atoms with Crippen LogP contribution in [0.3, 0.4) is 0 Å². The SMILES string of the molecule is CCCCc1ccc(C(=O)CN2C(=O)N[C@](C)(c3ccc4c(c3)OCO4)C2=O)cc1. The van der Waals surface area contributed by atoms with Crippen molar-refractivity contribution in [2.24, 2.45) is 0 Å². The Balaban J connectivity index is 1.49. The third-order valence-corrected chi connectivity index (χ3v) is 5.62. The van der Waals surface area contributed by atoms with E-state index in [2.05, 4.69) is 12.2 Å². The van der Waals surface area contributed by atoms with Crippen LogP contribution in [-0.2, 0) is 16.8 Å². The van der Waals surface area contributed by atoms with E-state index in [-0.39, 0.29) is 19.1 Å². The lowest BCUT2D eigenvalue weighted by molar-refractivity contribution is -0.130. The molecule has 2 aliphatic heterocycles. The van der Waals surface area contributed by atoms with Crippen molar-refractivity contribution in [3.63, 3.8) is 0 Å². The summed E-state index contributed by atoms with van der Waals surface area (Å²) < 4.78 is 10.7. The smallest absolute Gasteiger partial charge is 0.325 e. The Kier molecular flexibility index (Phi) is 5.20. The molecule has 0 aliphatic carbocycles. The standard InChI is InChI=1S/C23H24N2O5/c1-3-4-5-15-6-8-16(9-7-15)18(26)13-25-21(27)23(2,24-22(25)28)17-10-11-19-20(12-17)30-14-29-19/h6-12H,3-5,13-14H2,1-2H3,(H,24,28)/t23-/m1/s1. The lowest BCUT2D eigenvalue weighted by Gasteiger charge is -2.22. The molecule has 4 rings (SSSR count). The number of urea groups is 1. The predicted molar refractivity (Wildman–Crippen MR) is 110 cm³/mol. The van der Waals surface area contributed by atoms with E-state index in [1.165, 1.54) is 5.56 Å². The van der Waals surface area contributed by atoms with E-state index in [1.54, 1.807) is 37.3 Å². The molecule has 0 spiro atoms. The number of rotatable bonds is 7. The Hall–Kier alpha value is -3.35. The number of unbranched alkanes of at least 4 members (excludes halogenated alkanes) is 1. The summed E-state index contributed by atoms with van der Waals surface area (Å²) in [5.41, 5.74) is 0.939. The third-order valence-electron chi connectivity index (χ3n) is 5.62. The fourth-order valence-electron chi connectivity index (χ4n) is 3.72. The topological polar surface area (TPSA) is 84.9 Å². The Labute approximate surface area is 175 Å². The van der Waals surface area contributed by atoms with Crippen LogP contribution in [0.15, 0.2) is 42.5 Å². The van der Waals surface area contributed by atoms with Gasteiger partial charge >= 0.3 is 6.03 Å². The number of amides is 3. The highest BCUT2D eigenvalue weighted by atomic mass is 16.7. The highest BCUT2D eigenvalue weighted by molar-refractivity contribution is 6.11. The molecule has 0 aromatic heterocycles. The van der Waals surface area contributed by atoms with Crippen molar-refractivity contribution in [3.05, 3.63) is 59.2 Å². The van der Waals surface area contributed by atoms with Gasteiger partial charge in [0.25, 0.3) is 5.91 Å². The normalized spacial score (nSPS) is 19.9. The van der Waals surface area contributed by atoms with E-state index >= 15 is 0 Å². The minimum absolute atomic E-state index is 0.119.